The molecule has 1 aromatic heterocycles. The Morgan fingerprint density at radius 3 is 2.89 bits per heavy atom. The first kappa shape index (κ1) is 14.1. The number of carbonyl (C=O) groups excluding carboxylic acids is 1. The first-order valence-corrected chi connectivity index (χ1v) is 7.15. The molecule has 0 saturated carbocycles. The van der Waals surface area contributed by atoms with Crippen molar-refractivity contribution >= 4 is 5.91 Å². The second-order valence-corrected chi connectivity index (χ2v) is 5.16. The van der Waals surface area contributed by atoms with Crippen LogP contribution in [-0.4, -0.2) is 35.1 Å². The van der Waals surface area contributed by atoms with Crippen molar-refractivity contribution in [3.63, 3.8) is 0 Å². The second-order valence-electron chi connectivity index (χ2n) is 5.16. The maximum atomic E-state index is 12.3. The minimum Gasteiger partial charge on any atom is -0.361 e. The highest BCUT2D eigenvalue weighted by Crippen LogP contribution is 2.18. The first-order valence-electron chi connectivity index (χ1n) is 7.15. The lowest BCUT2D eigenvalue weighted by Gasteiger charge is -2.30. The van der Waals surface area contributed by atoms with Crippen LogP contribution in [0.4, 0.5) is 0 Å². The number of likely N-dealkylation sites (tertiary alicyclic amines) is 1. The van der Waals surface area contributed by atoms with Crippen LogP contribution >= 0.6 is 0 Å². The molecule has 19 heavy (non-hydrogen) atoms. The Bertz CT molecular complexity index is 420. The molecule has 5 nitrogen and oxygen atoms in total. The molecule has 1 atom stereocenters. The molecule has 106 valence electrons. The van der Waals surface area contributed by atoms with Crippen LogP contribution in [-0.2, 0) is 24.1 Å². The van der Waals surface area contributed by atoms with Crippen molar-refractivity contribution in [2.75, 3.05) is 13.1 Å². The molecule has 0 radical (unpaired) electrons. The lowest BCUT2D eigenvalue weighted by Crippen LogP contribution is -2.46. The molecule has 1 aliphatic heterocycles. The average Bonchev–Trinajstić information content (AvgIpc) is 2.80. The van der Waals surface area contributed by atoms with E-state index in [0.29, 0.717) is 13.0 Å². The number of amides is 1. The Labute approximate surface area is 114 Å². The molecular weight excluding hydrogens is 242 g/mol. The highest BCUT2D eigenvalue weighted by molar-refractivity contribution is 5.79. The van der Waals surface area contributed by atoms with Crippen LogP contribution in [0.2, 0.25) is 0 Å². The molecule has 1 aliphatic rings. The number of aryl methyl sites for hydroxylation is 2. The van der Waals surface area contributed by atoms with Crippen molar-refractivity contribution in [2.24, 2.45) is 5.73 Å². The number of nitrogens with zero attached hydrogens (tertiary/aromatic N) is 2. The van der Waals surface area contributed by atoms with Gasteiger partial charge in [-0.2, -0.15) is 0 Å². The van der Waals surface area contributed by atoms with Gasteiger partial charge in [0.1, 0.15) is 5.76 Å². The summed E-state index contributed by atoms with van der Waals surface area (Å²) in [6.07, 6.45) is 3.97. The molecule has 0 spiro atoms. The smallest absolute Gasteiger partial charge is 0.227 e. The Kier molecular flexibility index (Phi) is 4.58. The third-order valence-electron chi connectivity index (χ3n) is 3.75. The summed E-state index contributed by atoms with van der Waals surface area (Å²) < 4.78 is 5.30. The van der Waals surface area contributed by atoms with Crippen molar-refractivity contribution < 1.29 is 9.32 Å². The van der Waals surface area contributed by atoms with Gasteiger partial charge in [-0.15, -0.1) is 0 Å². The molecule has 0 aromatic carbocycles. The summed E-state index contributed by atoms with van der Waals surface area (Å²) in [7, 11) is 0. The van der Waals surface area contributed by atoms with Crippen LogP contribution in [0.5, 0.6) is 0 Å². The summed E-state index contributed by atoms with van der Waals surface area (Å²) in [6, 6.07) is 0.122. The van der Waals surface area contributed by atoms with Crippen LogP contribution in [0.15, 0.2) is 4.52 Å². The first-order chi connectivity index (χ1) is 9.15. The molecule has 2 rings (SSSR count). The van der Waals surface area contributed by atoms with Crippen LogP contribution in [0.3, 0.4) is 0 Å². The number of aromatic nitrogens is 1. The maximum absolute atomic E-state index is 12.3. The summed E-state index contributed by atoms with van der Waals surface area (Å²) in [5.41, 5.74) is 7.81. The van der Waals surface area contributed by atoms with E-state index < -0.39 is 0 Å². The molecule has 0 bridgehead atoms. The minimum atomic E-state index is 0.122. The Morgan fingerprint density at radius 2 is 2.26 bits per heavy atom. The lowest BCUT2D eigenvalue weighted by molar-refractivity contribution is -0.131. The van der Waals surface area contributed by atoms with E-state index in [1.54, 1.807) is 0 Å². The zero-order valence-electron chi connectivity index (χ0n) is 11.8. The van der Waals surface area contributed by atoms with E-state index in [9.17, 15) is 4.79 Å². The van der Waals surface area contributed by atoms with Crippen LogP contribution in [0.1, 0.15) is 43.7 Å². The van der Waals surface area contributed by atoms with Crippen LogP contribution in [0, 0.1) is 0 Å². The van der Waals surface area contributed by atoms with Gasteiger partial charge in [0.2, 0.25) is 5.91 Å². The Morgan fingerprint density at radius 1 is 1.47 bits per heavy atom. The SMILES string of the molecule is CCc1noc(CC)c1CC(=O)N1CCC[C@@H](N)C1. The van der Waals surface area contributed by atoms with Crippen molar-refractivity contribution in [3.8, 4) is 0 Å². The highest BCUT2D eigenvalue weighted by Gasteiger charge is 2.24. The number of piperidine rings is 1. The van der Waals surface area contributed by atoms with Crippen LogP contribution in [0.25, 0.3) is 0 Å². The Hall–Kier alpha value is -1.36. The van der Waals surface area contributed by atoms with Gasteiger partial charge in [-0.1, -0.05) is 19.0 Å². The van der Waals surface area contributed by atoms with Gasteiger partial charge >= 0.3 is 0 Å². The third kappa shape index (κ3) is 3.15. The number of hydrogen-bond acceptors (Lipinski definition) is 4. The minimum absolute atomic E-state index is 0.122. The largest absolute Gasteiger partial charge is 0.361 e. The molecule has 2 N–H and O–H groups in total. The van der Waals surface area contributed by atoms with Gasteiger partial charge in [0.15, 0.2) is 0 Å². The number of rotatable bonds is 4. The van der Waals surface area contributed by atoms with Gasteiger partial charge < -0.3 is 15.2 Å². The van der Waals surface area contributed by atoms with E-state index in [2.05, 4.69) is 5.16 Å². The lowest BCUT2D eigenvalue weighted by atomic mass is 10.0. The predicted molar refractivity (Wildman–Crippen MR) is 72.8 cm³/mol. The van der Waals surface area contributed by atoms with Crippen molar-refractivity contribution in [1.82, 2.24) is 10.1 Å². The van der Waals surface area contributed by atoms with Gasteiger partial charge in [-0.3, -0.25) is 4.79 Å². The van der Waals surface area contributed by atoms with Crippen LogP contribution < -0.4 is 5.73 Å². The molecule has 1 fully saturated rings. The summed E-state index contributed by atoms with van der Waals surface area (Å²) in [4.78, 5) is 14.2. The maximum Gasteiger partial charge on any atom is 0.227 e. The van der Waals surface area contributed by atoms with E-state index in [0.717, 1.165) is 49.2 Å². The molecule has 1 aromatic rings. The molecule has 5 heteroatoms. The fourth-order valence-electron chi connectivity index (χ4n) is 2.64. The monoisotopic (exact) mass is 265 g/mol. The molecule has 1 saturated heterocycles. The summed E-state index contributed by atoms with van der Waals surface area (Å²) >= 11 is 0. The predicted octanol–water partition coefficient (Wildman–Crippen LogP) is 1.29. The number of hydrogen-bond donors (Lipinski definition) is 1. The summed E-state index contributed by atoms with van der Waals surface area (Å²) in [6.45, 7) is 5.54. The number of carbonyl (C=O) groups is 1. The van der Waals surface area contributed by atoms with Gasteiger partial charge in [-0.05, 0) is 19.3 Å². The molecule has 2 heterocycles. The zero-order valence-corrected chi connectivity index (χ0v) is 11.8. The third-order valence-corrected chi connectivity index (χ3v) is 3.75. The van der Waals surface area contributed by atoms with Crippen molar-refractivity contribution in [3.05, 3.63) is 17.0 Å². The van der Waals surface area contributed by atoms with E-state index >= 15 is 0 Å². The molecule has 0 aliphatic carbocycles. The standard InChI is InChI=1S/C14H23N3O2/c1-3-12-11(13(4-2)19-16-12)8-14(18)17-7-5-6-10(15)9-17/h10H,3-9,15H2,1-2H3/t10-/m1/s1. The highest BCUT2D eigenvalue weighted by atomic mass is 16.5. The molecule has 0 unspecified atom stereocenters. The van der Waals surface area contributed by atoms with Gasteiger partial charge in [-0.25, -0.2) is 0 Å². The van der Waals surface area contributed by atoms with Gasteiger partial charge in [0, 0.05) is 31.1 Å². The molecular formula is C14H23N3O2. The topological polar surface area (TPSA) is 72.4 Å². The summed E-state index contributed by atoms with van der Waals surface area (Å²) in [5, 5.41) is 4.05. The second kappa shape index (κ2) is 6.19. The van der Waals surface area contributed by atoms with Gasteiger partial charge in [0.25, 0.3) is 0 Å². The van der Waals surface area contributed by atoms with E-state index in [1.165, 1.54) is 0 Å². The fraction of sp³-hybridized carbons (Fsp3) is 0.714. The average molecular weight is 265 g/mol. The fourth-order valence-corrected chi connectivity index (χ4v) is 2.64. The van der Waals surface area contributed by atoms with E-state index in [4.69, 9.17) is 10.3 Å². The van der Waals surface area contributed by atoms with E-state index in [-0.39, 0.29) is 11.9 Å². The van der Waals surface area contributed by atoms with Crippen molar-refractivity contribution in [1.29, 1.82) is 0 Å². The number of nitrogens with two attached hydrogens (primary N) is 1. The normalized spacial score (nSPS) is 19.7. The van der Waals surface area contributed by atoms with Gasteiger partial charge in [0.05, 0.1) is 12.1 Å². The Balaban J connectivity index is 2.07. The van der Waals surface area contributed by atoms with E-state index in [1.807, 2.05) is 18.7 Å². The zero-order chi connectivity index (χ0) is 13.8. The summed E-state index contributed by atoms with van der Waals surface area (Å²) in [5.74, 6) is 0.981. The molecule has 1 amide bonds. The quantitative estimate of drug-likeness (QED) is 0.890. The van der Waals surface area contributed by atoms with Crippen molar-refractivity contribution in [2.45, 2.75) is 52.0 Å².